The highest BCUT2D eigenvalue weighted by Gasteiger charge is 2.09. The number of H-pyrrole nitrogens is 1. The molecule has 2 aromatic carbocycles. The van der Waals surface area contributed by atoms with Crippen LogP contribution in [0.1, 0.15) is 5.56 Å². The zero-order chi connectivity index (χ0) is 15.7. The lowest BCUT2D eigenvalue weighted by atomic mass is 10.0. The van der Waals surface area contributed by atoms with Gasteiger partial charge in [0, 0.05) is 10.9 Å². The van der Waals surface area contributed by atoms with Gasteiger partial charge in [0.15, 0.2) is 0 Å². The van der Waals surface area contributed by atoms with Crippen molar-refractivity contribution in [1.82, 2.24) is 4.98 Å². The first-order valence-electron chi connectivity index (χ1n) is 6.50. The third-order valence-corrected chi connectivity index (χ3v) is 3.42. The van der Waals surface area contributed by atoms with Crippen LogP contribution in [0.25, 0.3) is 27.8 Å². The summed E-state index contributed by atoms with van der Waals surface area (Å²) < 4.78 is 0. The van der Waals surface area contributed by atoms with Crippen molar-refractivity contribution >= 4 is 33.7 Å². The number of pyridine rings is 1. The van der Waals surface area contributed by atoms with Crippen molar-refractivity contribution in [1.29, 1.82) is 5.26 Å². The third-order valence-electron chi connectivity index (χ3n) is 3.42. The Bertz CT molecular complexity index is 1040. The molecule has 0 fully saturated rings. The van der Waals surface area contributed by atoms with Gasteiger partial charge in [-0.2, -0.15) is 5.26 Å². The number of carboxylic acid groups (broad SMARTS) is 1. The van der Waals surface area contributed by atoms with E-state index in [9.17, 15) is 9.59 Å². The molecule has 22 heavy (non-hydrogen) atoms. The van der Waals surface area contributed by atoms with Crippen LogP contribution in [0.15, 0.2) is 52.8 Å². The number of nitriles is 1. The van der Waals surface area contributed by atoms with Crippen LogP contribution in [0.5, 0.6) is 0 Å². The Morgan fingerprint density at radius 1 is 1.18 bits per heavy atom. The van der Waals surface area contributed by atoms with Crippen molar-refractivity contribution in [3.05, 3.63) is 64.0 Å². The Kier molecular flexibility index (Phi) is 3.20. The number of nitrogens with zero attached hydrogens (tertiary/aromatic N) is 1. The molecule has 5 nitrogen and oxygen atoms in total. The van der Waals surface area contributed by atoms with E-state index in [1.54, 1.807) is 12.1 Å². The monoisotopic (exact) mass is 290 g/mol. The van der Waals surface area contributed by atoms with E-state index in [1.165, 1.54) is 0 Å². The summed E-state index contributed by atoms with van der Waals surface area (Å²) in [7, 11) is 0. The van der Waals surface area contributed by atoms with Gasteiger partial charge in [-0.25, -0.2) is 4.79 Å². The number of aromatic amines is 1. The van der Waals surface area contributed by atoms with Gasteiger partial charge >= 0.3 is 5.97 Å². The predicted octanol–water partition coefficient (Wildman–Crippen LogP) is 2.67. The van der Waals surface area contributed by atoms with Crippen LogP contribution in [0.2, 0.25) is 0 Å². The first-order chi connectivity index (χ1) is 10.6. The number of hydrogen-bond donors (Lipinski definition) is 2. The van der Waals surface area contributed by atoms with E-state index in [-0.39, 0.29) is 5.56 Å². The molecule has 1 heterocycles. The number of rotatable bonds is 2. The van der Waals surface area contributed by atoms with Crippen LogP contribution in [0, 0.1) is 11.3 Å². The highest BCUT2D eigenvalue weighted by atomic mass is 16.4. The summed E-state index contributed by atoms with van der Waals surface area (Å²) >= 11 is 0. The van der Waals surface area contributed by atoms with Crippen molar-refractivity contribution in [3.63, 3.8) is 0 Å². The standard InChI is InChI=1S/C17H10N2O3/c18-9-13(17(21)22)8-12-7-11-6-5-10-3-1-2-4-14(10)15(11)19-16(12)20/h1-8H,(H,19,20)(H,21,22)/b13-8+. The van der Waals surface area contributed by atoms with Crippen molar-refractivity contribution < 1.29 is 9.90 Å². The molecule has 1 aromatic heterocycles. The number of hydrogen-bond acceptors (Lipinski definition) is 3. The fourth-order valence-corrected chi connectivity index (χ4v) is 2.37. The Labute approximate surface area is 124 Å². The maximum atomic E-state index is 12.1. The summed E-state index contributed by atoms with van der Waals surface area (Å²) in [5.41, 5.74) is -0.0840. The average molecular weight is 290 g/mol. The first-order valence-corrected chi connectivity index (χ1v) is 6.50. The Morgan fingerprint density at radius 3 is 2.64 bits per heavy atom. The first kappa shape index (κ1) is 13.6. The van der Waals surface area contributed by atoms with Crippen LogP contribution < -0.4 is 5.56 Å². The average Bonchev–Trinajstić information content (AvgIpc) is 2.52. The molecule has 0 saturated heterocycles. The molecule has 0 aliphatic carbocycles. The number of aliphatic carboxylic acids is 1. The highest BCUT2D eigenvalue weighted by Crippen LogP contribution is 2.23. The molecule has 3 rings (SSSR count). The van der Waals surface area contributed by atoms with Gasteiger partial charge in [0.05, 0.1) is 5.52 Å². The van der Waals surface area contributed by atoms with Crippen LogP contribution in [0.4, 0.5) is 0 Å². The molecule has 0 unspecified atom stereocenters. The number of carbonyl (C=O) groups is 1. The second-order valence-corrected chi connectivity index (χ2v) is 4.78. The summed E-state index contributed by atoms with van der Waals surface area (Å²) in [5.74, 6) is -1.36. The molecule has 3 aromatic rings. The highest BCUT2D eigenvalue weighted by molar-refractivity contribution is 6.05. The van der Waals surface area contributed by atoms with Crippen molar-refractivity contribution in [2.45, 2.75) is 0 Å². The SMILES string of the molecule is N#C/C(=C\c1cc2ccc3ccccc3c2[nH]c1=O)C(=O)O. The predicted molar refractivity (Wildman–Crippen MR) is 83.3 cm³/mol. The lowest BCUT2D eigenvalue weighted by Crippen LogP contribution is -2.10. The molecule has 0 spiro atoms. The van der Waals surface area contributed by atoms with Crippen LogP contribution in [-0.4, -0.2) is 16.1 Å². The molecular formula is C17H10N2O3. The molecular weight excluding hydrogens is 280 g/mol. The minimum absolute atomic E-state index is 0.140. The minimum Gasteiger partial charge on any atom is -0.477 e. The lowest BCUT2D eigenvalue weighted by molar-refractivity contribution is -0.132. The van der Waals surface area contributed by atoms with E-state index < -0.39 is 17.1 Å². The molecule has 0 saturated carbocycles. The zero-order valence-corrected chi connectivity index (χ0v) is 11.3. The molecule has 0 aliphatic rings. The van der Waals surface area contributed by atoms with E-state index in [1.807, 2.05) is 36.4 Å². The van der Waals surface area contributed by atoms with Gasteiger partial charge in [-0.15, -0.1) is 0 Å². The van der Waals surface area contributed by atoms with E-state index in [0.29, 0.717) is 5.52 Å². The molecule has 0 amide bonds. The van der Waals surface area contributed by atoms with E-state index in [2.05, 4.69) is 4.98 Å². The molecule has 106 valence electrons. The van der Waals surface area contributed by atoms with Gasteiger partial charge in [0.1, 0.15) is 11.6 Å². The van der Waals surface area contributed by atoms with Gasteiger partial charge < -0.3 is 10.1 Å². The molecule has 0 aliphatic heterocycles. The van der Waals surface area contributed by atoms with Gasteiger partial charge in [0.25, 0.3) is 5.56 Å². The summed E-state index contributed by atoms with van der Waals surface area (Å²) in [6.45, 7) is 0. The maximum absolute atomic E-state index is 12.1. The van der Waals surface area contributed by atoms with Crippen LogP contribution in [-0.2, 0) is 4.79 Å². The van der Waals surface area contributed by atoms with Gasteiger partial charge in [0.2, 0.25) is 0 Å². The Morgan fingerprint density at radius 2 is 1.91 bits per heavy atom. The normalized spacial score (nSPS) is 11.5. The molecule has 0 bridgehead atoms. The number of aromatic nitrogens is 1. The van der Waals surface area contributed by atoms with Crippen molar-refractivity contribution in [3.8, 4) is 6.07 Å². The number of benzene rings is 2. The summed E-state index contributed by atoms with van der Waals surface area (Å²) in [6, 6.07) is 14.6. The topological polar surface area (TPSA) is 94.0 Å². The summed E-state index contributed by atoms with van der Waals surface area (Å²) in [5, 5.41) is 20.3. The van der Waals surface area contributed by atoms with Gasteiger partial charge in [-0.3, -0.25) is 4.79 Å². The largest absolute Gasteiger partial charge is 0.477 e. The fourth-order valence-electron chi connectivity index (χ4n) is 2.37. The van der Waals surface area contributed by atoms with Crippen LogP contribution >= 0.6 is 0 Å². The van der Waals surface area contributed by atoms with Crippen molar-refractivity contribution in [2.75, 3.05) is 0 Å². The number of carboxylic acids is 1. The van der Waals surface area contributed by atoms with Crippen LogP contribution in [0.3, 0.4) is 0 Å². The number of nitrogens with one attached hydrogen (secondary N) is 1. The Hall–Kier alpha value is -3.39. The molecule has 2 N–H and O–H groups in total. The van der Waals surface area contributed by atoms with Crippen molar-refractivity contribution in [2.24, 2.45) is 0 Å². The summed E-state index contributed by atoms with van der Waals surface area (Å²) in [4.78, 5) is 25.8. The zero-order valence-electron chi connectivity index (χ0n) is 11.3. The second kappa shape index (κ2) is 5.19. The second-order valence-electron chi connectivity index (χ2n) is 4.78. The minimum atomic E-state index is -1.36. The fraction of sp³-hybridized carbons (Fsp3) is 0. The number of fused-ring (bicyclic) bond motifs is 3. The smallest absolute Gasteiger partial charge is 0.346 e. The third kappa shape index (κ3) is 2.23. The molecule has 0 atom stereocenters. The van der Waals surface area contributed by atoms with E-state index in [4.69, 9.17) is 10.4 Å². The van der Waals surface area contributed by atoms with Gasteiger partial charge in [-0.1, -0.05) is 36.4 Å². The summed E-state index contributed by atoms with van der Waals surface area (Å²) in [6.07, 6.45) is 1.08. The van der Waals surface area contributed by atoms with E-state index in [0.717, 1.165) is 22.2 Å². The molecule has 5 heteroatoms. The lowest BCUT2D eigenvalue weighted by Gasteiger charge is -2.04. The Balaban J connectivity index is 2.31. The van der Waals surface area contributed by atoms with E-state index >= 15 is 0 Å². The maximum Gasteiger partial charge on any atom is 0.346 e. The quantitative estimate of drug-likeness (QED) is 0.431. The van der Waals surface area contributed by atoms with Gasteiger partial charge in [-0.05, 0) is 22.9 Å². The molecule has 0 radical (unpaired) electrons.